The number of amides is 11. The predicted molar refractivity (Wildman–Crippen MR) is 357 cm³/mol. The van der Waals surface area contributed by atoms with Gasteiger partial charge in [0.05, 0.1) is 6.54 Å². The van der Waals surface area contributed by atoms with Gasteiger partial charge in [0.25, 0.3) is 0 Å². The third kappa shape index (κ3) is 22.7. The van der Waals surface area contributed by atoms with Crippen LogP contribution >= 0.6 is 0 Å². The molecule has 1 saturated heterocycles. The minimum Gasteiger partial charge on any atom is -0.343 e. The van der Waals surface area contributed by atoms with E-state index in [1.807, 2.05) is 107 Å². The molecule has 1 aromatic carbocycles. The molecular formula is C69H117N11O11. The second kappa shape index (κ2) is 36.4. The first-order valence-corrected chi connectivity index (χ1v) is 32.9. The second-order valence-electron chi connectivity index (χ2n) is 28.2. The van der Waals surface area contributed by atoms with Crippen molar-refractivity contribution < 1.29 is 52.7 Å². The van der Waals surface area contributed by atoms with E-state index < -0.39 is 150 Å². The zero-order chi connectivity index (χ0) is 70.0. The van der Waals surface area contributed by atoms with Gasteiger partial charge in [0.15, 0.2) is 0 Å². The summed E-state index contributed by atoms with van der Waals surface area (Å²) >= 11 is 0. The Kier molecular flexibility index (Phi) is 32.1. The van der Waals surface area contributed by atoms with Crippen LogP contribution in [0.15, 0.2) is 30.3 Å². The zero-order valence-corrected chi connectivity index (χ0v) is 59.9. The van der Waals surface area contributed by atoms with Crippen molar-refractivity contribution in [2.24, 2.45) is 47.3 Å². The van der Waals surface area contributed by atoms with Crippen LogP contribution in [0.2, 0.25) is 0 Å². The van der Waals surface area contributed by atoms with Crippen LogP contribution in [0.1, 0.15) is 167 Å². The van der Waals surface area contributed by atoms with E-state index in [1.54, 1.807) is 34.6 Å². The summed E-state index contributed by atoms with van der Waals surface area (Å²) in [5.41, 5.74) is 2.08. The maximum absolute atomic E-state index is 15.5. The Morgan fingerprint density at radius 2 is 0.923 bits per heavy atom. The Bertz CT molecular complexity index is 2690. The topological polar surface area (TPSA) is 259 Å². The Balaban J connectivity index is 2.99. The Labute approximate surface area is 545 Å². The van der Waals surface area contributed by atoms with E-state index in [1.165, 1.54) is 97.5 Å². The van der Waals surface area contributed by atoms with E-state index >= 15 is 19.2 Å². The molecule has 22 nitrogen and oxygen atoms in total. The zero-order valence-electron chi connectivity index (χ0n) is 59.9. The lowest BCUT2D eigenvalue weighted by Gasteiger charge is -2.42. The molecule has 0 radical (unpaired) electrons. The Morgan fingerprint density at radius 1 is 0.473 bits per heavy atom. The number of carbonyl (C=O) groups excluding carboxylic acids is 11. The standard InChI is InChI=1S/C69H117N11O11/c1-26-51-65(87)74(19)38-56(81)75(20)52(33-39(2)3)62(84)73-57(43(10)11)68(90)76(21)53(34-40(4)5)61(83)70-48(17)60(82)71-49(18)64(86)77(22)54(35-41(6)7)66(88)78(23)55(36-42(8)9)67(89)79(24)58(44(12)13)69(91)80(25)59(63(85)72-51)47(16)46(15)30-28-32-50-31-27-29-45(14)37-50/h27-29,31-32,37,39-44,46-49,51-55,57-59H,26,30,33-36,38H2,1-25H3,(H,70,83)(H,71,82)(H,72,85)(H,73,84)/b32-28+/t46-,47-,48+,49-,51+,52+,53+,54+,55+,57+,58+,59+/m1/s1. The smallest absolute Gasteiger partial charge is 0.246 e. The number of nitrogens with one attached hydrogen (secondary N) is 4. The Hall–Kier alpha value is -6.87. The maximum Gasteiger partial charge on any atom is 0.246 e. The van der Waals surface area contributed by atoms with Gasteiger partial charge in [0.2, 0.25) is 65.0 Å². The number of likely N-dealkylation sites (N-methyl/N-ethyl adjacent to an activating group) is 7. The van der Waals surface area contributed by atoms with Crippen LogP contribution < -0.4 is 21.3 Å². The molecule has 2 rings (SSSR count). The fourth-order valence-electron chi connectivity index (χ4n) is 11.8. The van der Waals surface area contributed by atoms with E-state index in [4.69, 9.17) is 0 Å². The van der Waals surface area contributed by atoms with Crippen molar-refractivity contribution in [3.05, 3.63) is 41.5 Å². The highest BCUT2D eigenvalue weighted by Gasteiger charge is 2.45. The molecule has 0 aliphatic carbocycles. The van der Waals surface area contributed by atoms with Gasteiger partial charge in [0, 0.05) is 49.3 Å². The molecule has 91 heavy (non-hydrogen) atoms. The molecule has 0 unspecified atom stereocenters. The molecule has 22 heteroatoms. The minimum atomic E-state index is -1.22. The summed E-state index contributed by atoms with van der Waals surface area (Å²) < 4.78 is 0. The number of rotatable bonds is 16. The summed E-state index contributed by atoms with van der Waals surface area (Å²) in [7, 11) is 10.3. The first kappa shape index (κ1) is 80.2. The van der Waals surface area contributed by atoms with Crippen molar-refractivity contribution in [1.29, 1.82) is 0 Å². The van der Waals surface area contributed by atoms with Gasteiger partial charge in [-0.25, -0.2) is 0 Å². The van der Waals surface area contributed by atoms with Gasteiger partial charge in [0.1, 0.15) is 60.4 Å². The van der Waals surface area contributed by atoms with E-state index in [9.17, 15) is 33.6 Å². The van der Waals surface area contributed by atoms with Crippen LogP contribution in [0.5, 0.6) is 0 Å². The highest BCUT2D eigenvalue weighted by Crippen LogP contribution is 2.28. The molecule has 1 aliphatic rings. The van der Waals surface area contributed by atoms with E-state index in [-0.39, 0.29) is 61.7 Å². The largest absolute Gasteiger partial charge is 0.343 e. The highest BCUT2D eigenvalue weighted by atomic mass is 16.2. The van der Waals surface area contributed by atoms with Crippen molar-refractivity contribution >= 4 is 71.1 Å². The van der Waals surface area contributed by atoms with Gasteiger partial charge in [-0.1, -0.05) is 146 Å². The molecule has 0 aromatic heterocycles. The molecule has 1 aromatic rings. The molecule has 4 N–H and O–H groups in total. The normalized spacial score (nSPS) is 25.9. The predicted octanol–water partition coefficient (Wildman–Crippen LogP) is 5.99. The highest BCUT2D eigenvalue weighted by molar-refractivity contribution is 5.99. The monoisotopic (exact) mass is 1280 g/mol. The van der Waals surface area contributed by atoms with Crippen molar-refractivity contribution in [2.75, 3.05) is 55.9 Å². The third-order valence-corrected chi connectivity index (χ3v) is 17.7. The number of hydrogen-bond donors (Lipinski definition) is 4. The van der Waals surface area contributed by atoms with Crippen LogP contribution in [0.3, 0.4) is 0 Å². The fraction of sp³-hybridized carbons (Fsp3) is 0.725. The lowest BCUT2D eigenvalue weighted by molar-refractivity contribution is -0.156. The molecule has 0 saturated carbocycles. The SMILES string of the molecule is CC[C@@H]1NC(=O)[C@H]([C@H](C)[C@H](C)C/C=C/c2cccc(C)c2)N(C)C(=O)[C@H](C(C)C)N(C)C(=O)[C@H](CC(C)C)N(C)C(=O)[C@H](CC(C)C)N(C)C(=O)[C@@H](C)NC(=O)[C@H](C)NC(=O)[C@H](CC(C)C)N(C)C(=O)[C@H](C(C)C)NC(=O)[C@H](CC(C)C)N(C)C(=O)CN(C)C1=O. The van der Waals surface area contributed by atoms with Crippen molar-refractivity contribution in [1.82, 2.24) is 55.6 Å². The van der Waals surface area contributed by atoms with Gasteiger partial charge in [-0.15, -0.1) is 0 Å². The molecule has 1 fully saturated rings. The molecule has 12 atom stereocenters. The van der Waals surface area contributed by atoms with Crippen LogP contribution in [-0.2, 0) is 52.7 Å². The number of carbonyl (C=O) groups is 11. The number of benzene rings is 1. The van der Waals surface area contributed by atoms with Crippen LogP contribution in [0, 0.1) is 54.3 Å². The summed E-state index contributed by atoms with van der Waals surface area (Å²) in [6.45, 7) is 32.1. The van der Waals surface area contributed by atoms with E-state index in [0.29, 0.717) is 6.42 Å². The van der Waals surface area contributed by atoms with Gasteiger partial charge >= 0.3 is 0 Å². The number of nitrogens with zero attached hydrogens (tertiary/aromatic N) is 7. The van der Waals surface area contributed by atoms with Crippen molar-refractivity contribution in [2.45, 2.75) is 224 Å². The summed E-state index contributed by atoms with van der Waals surface area (Å²) in [6, 6.07) is -3.63. The second-order valence-corrected chi connectivity index (χ2v) is 28.2. The first-order chi connectivity index (χ1) is 42.1. The van der Waals surface area contributed by atoms with Gasteiger partial charge in [-0.2, -0.15) is 0 Å². The summed E-state index contributed by atoms with van der Waals surface area (Å²) in [6.07, 6.45) is 5.31. The minimum absolute atomic E-state index is 0.0913. The number of aryl methyl sites for hydroxylation is 1. The molecule has 11 amide bonds. The van der Waals surface area contributed by atoms with Gasteiger partial charge in [-0.3, -0.25) is 52.7 Å². The number of hydrogen-bond acceptors (Lipinski definition) is 11. The summed E-state index contributed by atoms with van der Waals surface area (Å²) in [5.74, 6) is -9.11. The van der Waals surface area contributed by atoms with E-state index in [2.05, 4.69) is 27.3 Å². The Morgan fingerprint density at radius 3 is 1.41 bits per heavy atom. The van der Waals surface area contributed by atoms with E-state index in [0.717, 1.165) is 11.1 Å². The van der Waals surface area contributed by atoms with Gasteiger partial charge in [-0.05, 0) is 112 Å². The fourth-order valence-corrected chi connectivity index (χ4v) is 11.8. The third-order valence-electron chi connectivity index (χ3n) is 17.7. The summed E-state index contributed by atoms with van der Waals surface area (Å²) in [5, 5.41) is 11.2. The molecule has 0 bridgehead atoms. The summed E-state index contributed by atoms with van der Waals surface area (Å²) in [4.78, 5) is 171. The van der Waals surface area contributed by atoms with Gasteiger partial charge < -0.3 is 55.6 Å². The molecule has 1 heterocycles. The first-order valence-electron chi connectivity index (χ1n) is 32.9. The molecular weight excluding hydrogens is 1160 g/mol. The molecule has 0 spiro atoms. The number of allylic oxidation sites excluding steroid dienone is 1. The lowest BCUT2D eigenvalue weighted by atomic mass is 9.84. The average molecular weight is 1280 g/mol. The average Bonchev–Trinajstić information content (AvgIpc) is 0.888. The van der Waals surface area contributed by atoms with Crippen LogP contribution in [0.25, 0.3) is 6.08 Å². The van der Waals surface area contributed by atoms with Crippen LogP contribution in [0.4, 0.5) is 0 Å². The van der Waals surface area contributed by atoms with Crippen LogP contribution in [-0.4, -0.2) is 216 Å². The maximum atomic E-state index is 15.5. The molecule has 514 valence electrons. The van der Waals surface area contributed by atoms with Crippen molar-refractivity contribution in [3.63, 3.8) is 0 Å². The quantitative estimate of drug-likeness (QED) is 0.150. The molecule has 1 aliphatic heterocycles. The van der Waals surface area contributed by atoms with Crippen molar-refractivity contribution in [3.8, 4) is 0 Å². The lowest BCUT2D eigenvalue weighted by Crippen LogP contribution is -2.62.